The summed E-state index contributed by atoms with van der Waals surface area (Å²) in [5, 5.41) is 3.13. The quantitative estimate of drug-likeness (QED) is 0.601. The lowest BCUT2D eigenvalue weighted by atomic mass is 9.96. The number of hydrogen-bond acceptors (Lipinski definition) is 3. The van der Waals surface area contributed by atoms with E-state index in [1.54, 1.807) is 0 Å². The average molecular weight is 419 g/mol. The van der Waals surface area contributed by atoms with Crippen molar-refractivity contribution in [3.05, 3.63) is 59.7 Å². The monoisotopic (exact) mass is 418 g/mol. The first kappa shape index (κ1) is 21.4. The second-order valence-corrected chi connectivity index (χ2v) is 9.15. The van der Waals surface area contributed by atoms with Crippen LogP contribution in [0, 0.1) is 18.8 Å². The summed E-state index contributed by atoms with van der Waals surface area (Å²) in [4.78, 5) is 19.9. The van der Waals surface area contributed by atoms with Crippen LogP contribution in [0.4, 0.5) is 5.95 Å². The lowest BCUT2D eigenvalue weighted by molar-refractivity contribution is -0.125. The Labute approximate surface area is 185 Å². The number of benzene rings is 2. The zero-order valence-corrected chi connectivity index (χ0v) is 19.0. The molecule has 0 saturated carbocycles. The molecule has 5 nitrogen and oxygen atoms in total. The van der Waals surface area contributed by atoms with Gasteiger partial charge in [-0.2, -0.15) is 0 Å². The molecule has 1 aliphatic rings. The minimum Gasteiger partial charge on any atom is -0.356 e. The second-order valence-electron chi connectivity index (χ2n) is 9.15. The summed E-state index contributed by atoms with van der Waals surface area (Å²) in [5.74, 6) is 1.96. The summed E-state index contributed by atoms with van der Waals surface area (Å²) in [7, 11) is 0. The van der Waals surface area contributed by atoms with E-state index in [1.165, 1.54) is 11.1 Å². The number of carbonyl (C=O) groups excluding carboxylic acids is 1. The highest BCUT2D eigenvalue weighted by Gasteiger charge is 2.27. The summed E-state index contributed by atoms with van der Waals surface area (Å²) in [5.41, 5.74) is 4.79. The maximum atomic E-state index is 12.6. The van der Waals surface area contributed by atoms with E-state index >= 15 is 0 Å². The number of para-hydroxylation sites is 2. The third-order valence-electron chi connectivity index (χ3n) is 6.39. The minimum atomic E-state index is 0.109. The summed E-state index contributed by atoms with van der Waals surface area (Å²) >= 11 is 0. The molecular formula is C26H34N4O. The van der Waals surface area contributed by atoms with Gasteiger partial charge in [0.15, 0.2) is 0 Å². The smallest absolute Gasteiger partial charge is 0.223 e. The van der Waals surface area contributed by atoms with Crippen LogP contribution in [0.25, 0.3) is 11.0 Å². The van der Waals surface area contributed by atoms with Crippen LogP contribution in [0.1, 0.15) is 44.2 Å². The largest absolute Gasteiger partial charge is 0.356 e. The Bertz CT molecular complexity index is 1030. The molecule has 31 heavy (non-hydrogen) atoms. The molecule has 0 aliphatic carbocycles. The number of amides is 1. The van der Waals surface area contributed by atoms with Gasteiger partial charge in [0.05, 0.1) is 17.6 Å². The van der Waals surface area contributed by atoms with E-state index in [4.69, 9.17) is 4.98 Å². The van der Waals surface area contributed by atoms with E-state index in [2.05, 4.69) is 78.0 Å². The molecule has 0 bridgehead atoms. The zero-order valence-electron chi connectivity index (χ0n) is 19.0. The van der Waals surface area contributed by atoms with E-state index in [-0.39, 0.29) is 11.8 Å². The Hall–Kier alpha value is -2.82. The Morgan fingerprint density at radius 1 is 1.10 bits per heavy atom. The standard InChI is InChI=1S/C26H34N4O/c1-19(2)12-15-27-25(31)21-13-16-29(17-14-21)26-28-23-10-6-7-11-24(23)30(26)18-22-9-5-4-8-20(22)3/h4-11,19,21H,12-18H2,1-3H3,(H,27,31). The fraction of sp³-hybridized carbons (Fsp3) is 0.462. The molecule has 0 unspecified atom stereocenters. The number of piperidine rings is 1. The number of fused-ring (bicyclic) bond motifs is 1. The van der Waals surface area contributed by atoms with Crippen molar-refractivity contribution in [1.29, 1.82) is 0 Å². The minimum absolute atomic E-state index is 0.109. The van der Waals surface area contributed by atoms with Crippen molar-refractivity contribution in [3.63, 3.8) is 0 Å². The summed E-state index contributed by atoms with van der Waals surface area (Å²) in [6.45, 7) is 9.85. The van der Waals surface area contributed by atoms with Gasteiger partial charge in [-0.3, -0.25) is 4.79 Å². The van der Waals surface area contributed by atoms with E-state index in [0.29, 0.717) is 5.92 Å². The predicted octanol–water partition coefficient (Wildman–Crippen LogP) is 4.77. The molecule has 1 fully saturated rings. The van der Waals surface area contributed by atoms with Crippen LogP contribution in [0.15, 0.2) is 48.5 Å². The predicted molar refractivity (Wildman–Crippen MR) is 127 cm³/mol. The number of aryl methyl sites for hydroxylation is 1. The van der Waals surface area contributed by atoms with Gasteiger partial charge >= 0.3 is 0 Å². The molecular weight excluding hydrogens is 384 g/mol. The van der Waals surface area contributed by atoms with Crippen LogP contribution in [0.2, 0.25) is 0 Å². The lowest BCUT2D eigenvalue weighted by Crippen LogP contribution is -2.41. The van der Waals surface area contributed by atoms with Crippen molar-refractivity contribution in [2.45, 2.75) is 46.6 Å². The van der Waals surface area contributed by atoms with E-state index < -0.39 is 0 Å². The summed E-state index contributed by atoms with van der Waals surface area (Å²) < 4.78 is 2.33. The van der Waals surface area contributed by atoms with Crippen LogP contribution in [0.3, 0.4) is 0 Å². The summed E-state index contributed by atoms with van der Waals surface area (Å²) in [6.07, 6.45) is 2.79. The normalized spacial score (nSPS) is 15.0. The SMILES string of the molecule is Cc1ccccc1Cn1c(N2CCC(C(=O)NCCC(C)C)CC2)nc2ccccc21. The van der Waals surface area contributed by atoms with Crippen LogP contribution in [-0.4, -0.2) is 35.1 Å². The van der Waals surface area contributed by atoms with Crippen LogP contribution in [-0.2, 0) is 11.3 Å². The van der Waals surface area contributed by atoms with Crippen molar-refractivity contribution in [2.24, 2.45) is 11.8 Å². The molecule has 4 rings (SSSR count). The first-order valence-electron chi connectivity index (χ1n) is 11.6. The molecule has 0 atom stereocenters. The van der Waals surface area contributed by atoms with E-state index in [1.807, 2.05) is 6.07 Å². The van der Waals surface area contributed by atoms with Gasteiger partial charge < -0.3 is 14.8 Å². The fourth-order valence-electron chi connectivity index (χ4n) is 4.39. The third-order valence-corrected chi connectivity index (χ3v) is 6.39. The highest BCUT2D eigenvalue weighted by Crippen LogP contribution is 2.28. The first-order valence-corrected chi connectivity index (χ1v) is 11.6. The van der Waals surface area contributed by atoms with Crippen LogP contribution < -0.4 is 10.2 Å². The number of rotatable bonds is 7. The molecule has 0 radical (unpaired) electrons. The van der Waals surface area contributed by atoms with Gasteiger partial charge in [-0.25, -0.2) is 4.98 Å². The van der Waals surface area contributed by atoms with Gasteiger partial charge in [0.2, 0.25) is 11.9 Å². The van der Waals surface area contributed by atoms with Crippen molar-refractivity contribution >= 4 is 22.9 Å². The lowest BCUT2D eigenvalue weighted by Gasteiger charge is -2.32. The molecule has 0 spiro atoms. The Morgan fingerprint density at radius 2 is 1.81 bits per heavy atom. The number of nitrogens with one attached hydrogen (secondary N) is 1. The average Bonchev–Trinajstić information content (AvgIpc) is 3.13. The molecule has 164 valence electrons. The van der Waals surface area contributed by atoms with E-state index in [0.717, 1.165) is 62.4 Å². The number of anilines is 1. The van der Waals surface area contributed by atoms with Crippen molar-refractivity contribution < 1.29 is 4.79 Å². The molecule has 2 heterocycles. The Kier molecular flexibility index (Phi) is 6.59. The number of carbonyl (C=O) groups is 1. The molecule has 1 saturated heterocycles. The highest BCUT2D eigenvalue weighted by atomic mass is 16.1. The van der Waals surface area contributed by atoms with Gasteiger partial charge in [0, 0.05) is 25.6 Å². The molecule has 1 amide bonds. The van der Waals surface area contributed by atoms with Gasteiger partial charge in [0.25, 0.3) is 0 Å². The van der Waals surface area contributed by atoms with Gasteiger partial charge in [-0.1, -0.05) is 50.2 Å². The number of imidazole rings is 1. The first-order chi connectivity index (χ1) is 15.0. The molecule has 2 aromatic carbocycles. The summed E-state index contributed by atoms with van der Waals surface area (Å²) in [6, 6.07) is 16.9. The molecule has 3 aromatic rings. The Balaban J connectivity index is 1.50. The second kappa shape index (κ2) is 9.54. The van der Waals surface area contributed by atoms with Crippen molar-refractivity contribution in [1.82, 2.24) is 14.9 Å². The zero-order chi connectivity index (χ0) is 21.8. The molecule has 5 heteroatoms. The van der Waals surface area contributed by atoms with Gasteiger partial charge in [-0.15, -0.1) is 0 Å². The molecule has 1 aromatic heterocycles. The van der Waals surface area contributed by atoms with Gasteiger partial charge in [-0.05, 0) is 55.4 Å². The maximum Gasteiger partial charge on any atom is 0.223 e. The number of aromatic nitrogens is 2. The van der Waals surface area contributed by atoms with Crippen molar-refractivity contribution in [3.8, 4) is 0 Å². The van der Waals surface area contributed by atoms with E-state index in [9.17, 15) is 4.79 Å². The topological polar surface area (TPSA) is 50.2 Å². The maximum absolute atomic E-state index is 12.6. The third kappa shape index (κ3) is 4.92. The van der Waals surface area contributed by atoms with Crippen molar-refractivity contribution in [2.75, 3.05) is 24.5 Å². The highest BCUT2D eigenvalue weighted by molar-refractivity contribution is 5.80. The fourth-order valence-corrected chi connectivity index (χ4v) is 4.39. The van der Waals surface area contributed by atoms with Crippen LogP contribution in [0.5, 0.6) is 0 Å². The number of hydrogen-bond donors (Lipinski definition) is 1. The number of nitrogens with zero attached hydrogens (tertiary/aromatic N) is 3. The van der Waals surface area contributed by atoms with Gasteiger partial charge in [0.1, 0.15) is 0 Å². The Morgan fingerprint density at radius 3 is 2.55 bits per heavy atom. The molecule has 1 N–H and O–H groups in total. The molecule has 1 aliphatic heterocycles. The van der Waals surface area contributed by atoms with Crippen LogP contribution >= 0.6 is 0 Å².